The van der Waals surface area contributed by atoms with Crippen LogP contribution in [0.1, 0.15) is 68.8 Å². The van der Waals surface area contributed by atoms with E-state index in [2.05, 4.69) is 26.3 Å². The second-order valence-electron chi connectivity index (χ2n) is 13.1. The Morgan fingerprint density at radius 2 is 1.86 bits per heavy atom. The quantitative estimate of drug-likeness (QED) is 0.180. The third-order valence-electron chi connectivity index (χ3n) is 9.68. The van der Waals surface area contributed by atoms with Crippen LogP contribution in [0, 0.1) is 25.2 Å². The molecule has 0 radical (unpaired) electrons. The molecule has 51 heavy (non-hydrogen) atoms. The van der Waals surface area contributed by atoms with E-state index >= 15 is 0 Å². The molecule has 10 nitrogen and oxygen atoms in total. The maximum absolute atomic E-state index is 13.2. The number of ether oxygens (including phenoxy) is 1. The van der Waals surface area contributed by atoms with Crippen LogP contribution >= 0.6 is 11.6 Å². The summed E-state index contributed by atoms with van der Waals surface area (Å²) in [6.07, 6.45) is 9.58. The second-order valence-corrected chi connectivity index (χ2v) is 13.5. The number of hydrogen-bond acceptors (Lipinski definition) is 8. The van der Waals surface area contributed by atoms with Crippen LogP contribution < -0.4 is 5.32 Å². The molecular weight excluding hydrogens is 664 g/mol. The van der Waals surface area contributed by atoms with E-state index in [1.54, 1.807) is 30.6 Å². The molecule has 1 amide bonds. The average Bonchev–Trinajstić information content (AvgIpc) is 3.14. The van der Waals surface area contributed by atoms with Crippen molar-refractivity contribution in [1.82, 2.24) is 19.8 Å². The van der Waals surface area contributed by atoms with Crippen LogP contribution in [0.3, 0.4) is 0 Å². The summed E-state index contributed by atoms with van der Waals surface area (Å²) >= 11 is 6.74. The van der Waals surface area contributed by atoms with Crippen molar-refractivity contribution in [1.29, 1.82) is 5.26 Å². The number of likely N-dealkylation sites (tertiary alicyclic amines) is 1. The molecular formula is C40H41ClN6O4. The molecule has 2 saturated heterocycles. The molecule has 0 aliphatic carbocycles. The molecule has 2 aromatic carbocycles. The topological polar surface area (TPSA) is 132 Å². The Morgan fingerprint density at radius 3 is 2.61 bits per heavy atom. The molecule has 6 rings (SSSR count). The number of aryl methyl sites for hydroxylation is 1. The van der Waals surface area contributed by atoms with Crippen molar-refractivity contribution < 1.29 is 19.4 Å². The van der Waals surface area contributed by atoms with Gasteiger partial charge in [0.2, 0.25) is 0 Å². The molecule has 2 aliphatic heterocycles. The van der Waals surface area contributed by atoms with Crippen molar-refractivity contribution in [3.05, 3.63) is 111 Å². The van der Waals surface area contributed by atoms with Crippen LogP contribution in [-0.2, 0) is 22.6 Å². The van der Waals surface area contributed by atoms with Gasteiger partial charge < -0.3 is 15.2 Å². The van der Waals surface area contributed by atoms with Gasteiger partial charge in [-0.05, 0) is 97.0 Å². The fraction of sp³-hybridized carbons (Fsp3) is 0.325. The summed E-state index contributed by atoms with van der Waals surface area (Å²) in [5.41, 5.74) is 7.92. The molecule has 4 aromatic rings. The molecule has 4 heterocycles. The van der Waals surface area contributed by atoms with Gasteiger partial charge in [0.25, 0.3) is 5.91 Å². The largest absolute Gasteiger partial charge is 0.480 e. The predicted molar refractivity (Wildman–Crippen MR) is 198 cm³/mol. The zero-order valence-electron chi connectivity index (χ0n) is 28.9. The van der Waals surface area contributed by atoms with Crippen LogP contribution in [0.4, 0.5) is 5.69 Å². The third kappa shape index (κ3) is 8.52. The standard InChI is InChI=1S/C40H41ClN6O4/c1-26-20-29(34(41)21-30(26)25-47-15-4-3-8-38(47)40(49)50)10-12-36-33(22-42)32(13-14-43-36)31-6-5-7-35(27(31)2)45-39(48)37-11-9-28(23-44-37)24-46-16-18-51-19-17-46/h5-7,9-14,20-21,23,38H,3-4,8,15-19,24-25H2,1-2H3,(H,45,48)(H,49,50)/b12-10+/t38-/m0/s1. The number of aromatic nitrogens is 2. The Morgan fingerprint density at radius 1 is 1.04 bits per heavy atom. The molecule has 0 saturated carbocycles. The van der Waals surface area contributed by atoms with Crippen LogP contribution in [-0.4, -0.2) is 75.6 Å². The molecule has 0 unspecified atom stereocenters. The molecule has 0 spiro atoms. The number of anilines is 1. The highest BCUT2D eigenvalue weighted by Crippen LogP contribution is 2.33. The number of piperidine rings is 1. The lowest BCUT2D eigenvalue weighted by Crippen LogP contribution is -2.44. The zero-order chi connectivity index (χ0) is 35.9. The molecule has 2 aliphatic rings. The first-order valence-corrected chi connectivity index (χ1v) is 17.6. The number of amides is 1. The van der Waals surface area contributed by atoms with E-state index in [9.17, 15) is 20.0 Å². The first kappa shape index (κ1) is 35.9. The number of carbonyl (C=O) groups excluding carboxylic acids is 1. The summed E-state index contributed by atoms with van der Waals surface area (Å²) in [7, 11) is 0. The minimum Gasteiger partial charge on any atom is -0.480 e. The van der Waals surface area contributed by atoms with E-state index in [1.807, 2.05) is 61.2 Å². The first-order chi connectivity index (χ1) is 24.7. The lowest BCUT2D eigenvalue weighted by Gasteiger charge is -2.33. The van der Waals surface area contributed by atoms with Gasteiger partial charge in [-0.25, -0.2) is 0 Å². The highest BCUT2D eigenvalue weighted by Gasteiger charge is 2.28. The van der Waals surface area contributed by atoms with E-state index in [1.165, 1.54) is 0 Å². The minimum absolute atomic E-state index is 0.317. The molecule has 2 fully saturated rings. The number of morpholine rings is 1. The summed E-state index contributed by atoms with van der Waals surface area (Å²) in [5.74, 6) is -1.10. The molecule has 2 N–H and O–H groups in total. The van der Waals surface area contributed by atoms with Gasteiger partial charge in [0.05, 0.1) is 24.5 Å². The lowest BCUT2D eigenvalue weighted by atomic mass is 9.94. The SMILES string of the molecule is Cc1cc(/C=C/c2nccc(-c3cccc(NC(=O)c4ccc(CN5CCOCC5)cn4)c3C)c2C#N)c(Cl)cc1CN1CCCC[C@H]1C(=O)O. The summed E-state index contributed by atoms with van der Waals surface area (Å²) in [6, 6.07) is 16.8. The van der Waals surface area contributed by atoms with Gasteiger partial charge in [-0.2, -0.15) is 5.26 Å². The number of nitrogens with one attached hydrogen (secondary N) is 1. The maximum Gasteiger partial charge on any atom is 0.320 e. The Balaban J connectivity index is 1.18. The van der Waals surface area contributed by atoms with Gasteiger partial charge in [-0.15, -0.1) is 0 Å². The minimum atomic E-state index is -0.786. The molecule has 2 aromatic heterocycles. The number of nitrogens with zero attached hydrogens (tertiary/aromatic N) is 5. The number of carboxylic acid groups (broad SMARTS) is 1. The number of rotatable bonds is 10. The lowest BCUT2D eigenvalue weighted by molar-refractivity contribution is -0.144. The van der Waals surface area contributed by atoms with Gasteiger partial charge in [-0.1, -0.05) is 48.4 Å². The monoisotopic (exact) mass is 704 g/mol. The number of aliphatic carboxylic acids is 1. The van der Waals surface area contributed by atoms with Crippen LogP contribution in [0.5, 0.6) is 0 Å². The Bertz CT molecular complexity index is 1980. The summed E-state index contributed by atoms with van der Waals surface area (Å²) < 4.78 is 5.42. The zero-order valence-corrected chi connectivity index (χ0v) is 29.6. The highest BCUT2D eigenvalue weighted by molar-refractivity contribution is 6.32. The first-order valence-electron chi connectivity index (χ1n) is 17.2. The van der Waals surface area contributed by atoms with Crippen molar-refractivity contribution in [2.45, 2.75) is 52.2 Å². The second kappa shape index (κ2) is 16.4. The fourth-order valence-corrected chi connectivity index (χ4v) is 7.01. The van der Waals surface area contributed by atoms with Crippen molar-refractivity contribution in [2.75, 3.05) is 38.2 Å². The summed E-state index contributed by atoms with van der Waals surface area (Å²) in [5, 5.41) is 23.5. The molecule has 0 bridgehead atoms. The Kier molecular flexibility index (Phi) is 11.5. The fourth-order valence-electron chi connectivity index (χ4n) is 6.76. The van der Waals surface area contributed by atoms with Gasteiger partial charge in [0.1, 0.15) is 17.8 Å². The number of nitriles is 1. The maximum atomic E-state index is 13.2. The Labute approximate surface area is 303 Å². The third-order valence-corrected chi connectivity index (χ3v) is 10.0. The number of halogens is 1. The normalized spacial score (nSPS) is 16.9. The summed E-state index contributed by atoms with van der Waals surface area (Å²) in [6.45, 7) is 9.13. The number of carbonyl (C=O) groups is 2. The van der Waals surface area contributed by atoms with E-state index < -0.39 is 12.0 Å². The molecule has 262 valence electrons. The van der Waals surface area contributed by atoms with Crippen LogP contribution in [0.2, 0.25) is 5.02 Å². The number of benzene rings is 2. The van der Waals surface area contributed by atoms with E-state index in [0.717, 1.165) is 85.6 Å². The van der Waals surface area contributed by atoms with Gasteiger partial charge in [0, 0.05) is 54.8 Å². The van der Waals surface area contributed by atoms with Crippen LogP contribution in [0.15, 0.2) is 60.9 Å². The van der Waals surface area contributed by atoms with E-state index in [-0.39, 0.29) is 5.91 Å². The molecule has 1 atom stereocenters. The van der Waals surface area contributed by atoms with Crippen LogP contribution in [0.25, 0.3) is 23.3 Å². The van der Waals surface area contributed by atoms with E-state index in [0.29, 0.717) is 46.2 Å². The van der Waals surface area contributed by atoms with Gasteiger partial charge >= 0.3 is 5.97 Å². The van der Waals surface area contributed by atoms with Crippen molar-refractivity contribution in [3.63, 3.8) is 0 Å². The van der Waals surface area contributed by atoms with Gasteiger partial charge in [-0.3, -0.25) is 29.4 Å². The highest BCUT2D eigenvalue weighted by atomic mass is 35.5. The average molecular weight is 705 g/mol. The number of pyridine rings is 2. The van der Waals surface area contributed by atoms with Crippen molar-refractivity contribution in [2.24, 2.45) is 0 Å². The Hall–Kier alpha value is -4.92. The van der Waals surface area contributed by atoms with Crippen molar-refractivity contribution in [3.8, 4) is 17.2 Å². The van der Waals surface area contributed by atoms with Crippen molar-refractivity contribution >= 4 is 41.3 Å². The smallest absolute Gasteiger partial charge is 0.320 e. The van der Waals surface area contributed by atoms with Gasteiger partial charge in [0.15, 0.2) is 0 Å². The number of hydrogen-bond donors (Lipinski definition) is 2. The molecule has 11 heteroatoms. The predicted octanol–water partition coefficient (Wildman–Crippen LogP) is 6.98. The number of carboxylic acids is 1. The van der Waals surface area contributed by atoms with E-state index in [4.69, 9.17) is 16.3 Å². The summed E-state index contributed by atoms with van der Waals surface area (Å²) in [4.78, 5) is 38.3.